The van der Waals surface area contributed by atoms with E-state index in [1.165, 1.54) is 6.33 Å². The molecule has 2 heterocycles. The van der Waals surface area contributed by atoms with E-state index in [-0.39, 0.29) is 12.5 Å². The van der Waals surface area contributed by atoms with Gasteiger partial charge in [0.15, 0.2) is 0 Å². The van der Waals surface area contributed by atoms with Crippen molar-refractivity contribution in [1.82, 2.24) is 24.6 Å². The Bertz CT molecular complexity index is 448. The lowest BCUT2D eigenvalue weighted by molar-refractivity contribution is -0.138. The van der Waals surface area contributed by atoms with Gasteiger partial charge in [0, 0.05) is 32.6 Å². The van der Waals surface area contributed by atoms with E-state index in [1.807, 2.05) is 4.90 Å². The summed E-state index contributed by atoms with van der Waals surface area (Å²) in [4.78, 5) is 30.3. The molecule has 1 aliphatic heterocycles. The Morgan fingerprint density at radius 1 is 1.20 bits per heavy atom. The van der Waals surface area contributed by atoms with Gasteiger partial charge in [-0.3, -0.25) is 19.2 Å². The van der Waals surface area contributed by atoms with E-state index >= 15 is 0 Å². The molecule has 0 spiro atoms. The van der Waals surface area contributed by atoms with Crippen LogP contribution in [0.4, 0.5) is 0 Å². The first-order valence-corrected chi connectivity index (χ1v) is 6.69. The number of amides is 1. The summed E-state index contributed by atoms with van der Waals surface area (Å²) in [6, 6.07) is 0. The molecule has 0 atom stereocenters. The first-order chi connectivity index (χ1) is 9.65. The average molecular weight is 281 g/mol. The van der Waals surface area contributed by atoms with Crippen LogP contribution >= 0.6 is 0 Å². The Morgan fingerprint density at radius 2 is 2.05 bits per heavy atom. The first-order valence-electron chi connectivity index (χ1n) is 6.69. The van der Waals surface area contributed by atoms with Gasteiger partial charge in [0.05, 0.1) is 13.1 Å². The van der Waals surface area contributed by atoms with Gasteiger partial charge >= 0.3 is 5.97 Å². The zero-order chi connectivity index (χ0) is 14.4. The summed E-state index contributed by atoms with van der Waals surface area (Å²) >= 11 is 0. The summed E-state index contributed by atoms with van der Waals surface area (Å²) in [6.45, 7) is 3.17. The van der Waals surface area contributed by atoms with E-state index in [0.29, 0.717) is 32.6 Å². The normalized spacial score (nSPS) is 16.9. The second-order valence-electron chi connectivity index (χ2n) is 4.81. The van der Waals surface area contributed by atoms with Crippen molar-refractivity contribution in [2.24, 2.45) is 0 Å². The van der Waals surface area contributed by atoms with Gasteiger partial charge in [-0.2, -0.15) is 5.10 Å². The van der Waals surface area contributed by atoms with Crippen molar-refractivity contribution < 1.29 is 14.7 Å². The molecule has 1 saturated heterocycles. The molecule has 0 bridgehead atoms. The molecule has 0 unspecified atom stereocenters. The highest BCUT2D eigenvalue weighted by molar-refractivity contribution is 5.76. The van der Waals surface area contributed by atoms with Gasteiger partial charge in [-0.1, -0.05) is 0 Å². The number of carbonyl (C=O) groups is 2. The number of aryl methyl sites for hydroxylation is 1. The smallest absolute Gasteiger partial charge is 0.317 e. The largest absolute Gasteiger partial charge is 0.480 e. The van der Waals surface area contributed by atoms with Gasteiger partial charge in [-0.15, -0.1) is 0 Å². The van der Waals surface area contributed by atoms with Crippen LogP contribution in [-0.2, 0) is 16.1 Å². The molecule has 20 heavy (non-hydrogen) atoms. The van der Waals surface area contributed by atoms with Crippen LogP contribution in [0.5, 0.6) is 0 Å². The molecule has 0 aromatic carbocycles. The van der Waals surface area contributed by atoms with Crippen molar-refractivity contribution in [3.63, 3.8) is 0 Å². The van der Waals surface area contributed by atoms with E-state index in [2.05, 4.69) is 10.1 Å². The quantitative estimate of drug-likeness (QED) is 0.766. The van der Waals surface area contributed by atoms with Crippen LogP contribution in [0.1, 0.15) is 12.8 Å². The van der Waals surface area contributed by atoms with Crippen molar-refractivity contribution in [3.8, 4) is 0 Å². The fourth-order valence-electron chi connectivity index (χ4n) is 2.29. The van der Waals surface area contributed by atoms with Crippen LogP contribution in [0.3, 0.4) is 0 Å². The van der Waals surface area contributed by atoms with Crippen LogP contribution in [-0.4, -0.2) is 74.3 Å². The van der Waals surface area contributed by atoms with E-state index in [0.717, 1.165) is 13.0 Å². The van der Waals surface area contributed by atoms with E-state index in [9.17, 15) is 9.59 Å². The number of hydrogen-bond acceptors (Lipinski definition) is 5. The van der Waals surface area contributed by atoms with E-state index < -0.39 is 5.97 Å². The maximum Gasteiger partial charge on any atom is 0.317 e. The van der Waals surface area contributed by atoms with E-state index in [4.69, 9.17) is 5.11 Å². The summed E-state index contributed by atoms with van der Waals surface area (Å²) in [5, 5.41) is 12.7. The Labute approximate surface area is 117 Å². The summed E-state index contributed by atoms with van der Waals surface area (Å²) in [5.74, 6) is -0.742. The molecule has 1 amide bonds. The molecule has 0 saturated carbocycles. The lowest BCUT2D eigenvalue weighted by atomic mass is 10.3. The number of carbonyl (C=O) groups excluding carboxylic acids is 1. The number of carboxylic acid groups (broad SMARTS) is 1. The van der Waals surface area contributed by atoms with Crippen molar-refractivity contribution >= 4 is 11.9 Å². The Balaban J connectivity index is 1.77. The highest BCUT2D eigenvalue weighted by Gasteiger charge is 2.20. The predicted octanol–water partition coefficient (Wildman–Crippen LogP) is -0.713. The van der Waals surface area contributed by atoms with Crippen molar-refractivity contribution in [2.45, 2.75) is 19.4 Å². The minimum absolute atomic E-state index is 0.0426. The summed E-state index contributed by atoms with van der Waals surface area (Å²) in [5.41, 5.74) is 0. The number of carboxylic acids is 1. The van der Waals surface area contributed by atoms with Crippen LogP contribution in [0, 0.1) is 0 Å². The van der Waals surface area contributed by atoms with Crippen molar-refractivity contribution in [2.75, 3.05) is 32.7 Å². The minimum Gasteiger partial charge on any atom is -0.480 e. The number of hydrogen-bond donors (Lipinski definition) is 1. The second-order valence-corrected chi connectivity index (χ2v) is 4.81. The molecule has 1 aromatic rings. The van der Waals surface area contributed by atoms with Crippen molar-refractivity contribution in [3.05, 3.63) is 12.7 Å². The fraction of sp³-hybridized carbons (Fsp3) is 0.667. The number of rotatable bonds is 5. The summed E-state index contributed by atoms with van der Waals surface area (Å²) in [7, 11) is 0. The highest BCUT2D eigenvalue weighted by atomic mass is 16.4. The monoisotopic (exact) mass is 281 g/mol. The van der Waals surface area contributed by atoms with Gasteiger partial charge in [-0.05, 0) is 6.42 Å². The molecule has 8 heteroatoms. The third kappa shape index (κ3) is 4.30. The molecule has 0 aliphatic carbocycles. The zero-order valence-electron chi connectivity index (χ0n) is 11.3. The molecule has 0 radical (unpaired) electrons. The second kappa shape index (κ2) is 6.99. The molecule has 2 rings (SSSR count). The topological polar surface area (TPSA) is 91.6 Å². The van der Waals surface area contributed by atoms with Crippen LogP contribution in [0.15, 0.2) is 12.7 Å². The number of aromatic nitrogens is 3. The molecule has 110 valence electrons. The maximum atomic E-state index is 12.1. The van der Waals surface area contributed by atoms with Gasteiger partial charge in [0.2, 0.25) is 5.91 Å². The average Bonchev–Trinajstić information content (AvgIpc) is 2.82. The zero-order valence-corrected chi connectivity index (χ0v) is 11.3. The summed E-state index contributed by atoms with van der Waals surface area (Å²) in [6.07, 6.45) is 4.23. The standard InChI is InChI=1S/C12H19N5O3/c18-11(2-5-17-10-13-9-14-17)16-4-1-3-15(6-7-16)8-12(19)20/h9-10H,1-8H2,(H,19,20). The molecule has 1 N–H and O–H groups in total. The SMILES string of the molecule is O=C(O)CN1CCCN(C(=O)CCn2cncn2)CC1. The molecular formula is C12H19N5O3. The fourth-order valence-corrected chi connectivity index (χ4v) is 2.29. The van der Waals surface area contributed by atoms with E-state index in [1.54, 1.807) is 15.9 Å². The Hall–Kier alpha value is -1.96. The third-order valence-corrected chi connectivity index (χ3v) is 3.32. The van der Waals surface area contributed by atoms with Gasteiger partial charge in [0.1, 0.15) is 12.7 Å². The lowest BCUT2D eigenvalue weighted by Gasteiger charge is -2.21. The minimum atomic E-state index is -0.823. The van der Waals surface area contributed by atoms with Gasteiger partial charge < -0.3 is 10.0 Å². The Morgan fingerprint density at radius 3 is 2.75 bits per heavy atom. The molecule has 8 nitrogen and oxygen atoms in total. The molecule has 1 aliphatic rings. The molecular weight excluding hydrogens is 262 g/mol. The van der Waals surface area contributed by atoms with Gasteiger partial charge in [0.25, 0.3) is 0 Å². The van der Waals surface area contributed by atoms with Crippen LogP contribution < -0.4 is 0 Å². The van der Waals surface area contributed by atoms with Crippen molar-refractivity contribution in [1.29, 1.82) is 0 Å². The highest BCUT2D eigenvalue weighted by Crippen LogP contribution is 2.05. The molecule has 1 fully saturated rings. The Kier molecular flexibility index (Phi) is 5.05. The van der Waals surface area contributed by atoms with Gasteiger partial charge in [-0.25, -0.2) is 4.98 Å². The maximum absolute atomic E-state index is 12.1. The number of nitrogens with zero attached hydrogens (tertiary/aromatic N) is 5. The summed E-state index contributed by atoms with van der Waals surface area (Å²) < 4.78 is 1.63. The van der Waals surface area contributed by atoms with Crippen LogP contribution in [0.25, 0.3) is 0 Å². The van der Waals surface area contributed by atoms with Crippen LogP contribution in [0.2, 0.25) is 0 Å². The third-order valence-electron chi connectivity index (χ3n) is 3.32. The first kappa shape index (κ1) is 14.4. The predicted molar refractivity (Wildman–Crippen MR) is 69.9 cm³/mol. The lowest BCUT2D eigenvalue weighted by Crippen LogP contribution is -2.37. The number of aliphatic carboxylic acids is 1. The molecule has 1 aromatic heterocycles.